The van der Waals surface area contributed by atoms with Gasteiger partial charge in [0.25, 0.3) is 0 Å². The summed E-state index contributed by atoms with van der Waals surface area (Å²) in [7, 11) is 0. The third kappa shape index (κ3) is 4.85. The minimum atomic E-state index is -0.00836. The lowest BCUT2D eigenvalue weighted by Gasteiger charge is -2.17. The summed E-state index contributed by atoms with van der Waals surface area (Å²) in [5.74, 6) is 0.726. The first-order chi connectivity index (χ1) is 13.3. The number of aliphatic hydroxyl groups is 2. The van der Waals surface area contributed by atoms with Gasteiger partial charge in [-0.05, 0) is 46.4 Å². The highest BCUT2D eigenvalue weighted by Gasteiger charge is 2.14. The molecule has 0 aliphatic heterocycles. The van der Waals surface area contributed by atoms with Gasteiger partial charge < -0.3 is 14.9 Å². The van der Waals surface area contributed by atoms with Gasteiger partial charge in [0.05, 0.1) is 6.61 Å². The molecule has 0 fully saturated rings. The summed E-state index contributed by atoms with van der Waals surface area (Å²) in [5.41, 5.74) is 5.47. The number of hydrogen-bond donors (Lipinski definition) is 2. The molecule has 0 atom stereocenters. The summed E-state index contributed by atoms with van der Waals surface area (Å²) in [5, 5.41) is 18.6. The maximum absolute atomic E-state index is 9.70. The SMILES string of the molecule is OCCOc1ccc(C(=C(CCO)c2ccccc2)c2ccccc2)cc1. The van der Waals surface area contributed by atoms with Gasteiger partial charge in [-0.15, -0.1) is 0 Å². The molecule has 0 spiro atoms. The average molecular weight is 360 g/mol. The zero-order valence-electron chi connectivity index (χ0n) is 15.2. The first-order valence-corrected chi connectivity index (χ1v) is 9.12. The molecule has 0 heterocycles. The van der Waals surface area contributed by atoms with E-state index in [0.717, 1.165) is 33.6 Å². The molecular weight excluding hydrogens is 336 g/mol. The standard InChI is InChI=1S/C24H24O3/c25-16-15-23(19-7-3-1-4-8-19)24(20-9-5-2-6-10-20)21-11-13-22(14-12-21)27-18-17-26/h1-14,25-26H,15-18H2. The fourth-order valence-corrected chi connectivity index (χ4v) is 3.17. The van der Waals surface area contributed by atoms with Crippen LogP contribution in [0, 0.1) is 0 Å². The van der Waals surface area contributed by atoms with E-state index in [0.29, 0.717) is 6.42 Å². The first kappa shape index (κ1) is 18.9. The molecule has 27 heavy (non-hydrogen) atoms. The second-order valence-electron chi connectivity index (χ2n) is 6.16. The van der Waals surface area contributed by atoms with Gasteiger partial charge in [-0.2, -0.15) is 0 Å². The van der Waals surface area contributed by atoms with E-state index < -0.39 is 0 Å². The van der Waals surface area contributed by atoms with Crippen molar-refractivity contribution < 1.29 is 14.9 Å². The van der Waals surface area contributed by atoms with Crippen LogP contribution >= 0.6 is 0 Å². The zero-order valence-corrected chi connectivity index (χ0v) is 15.2. The van der Waals surface area contributed by atoms with Crippen molar-refractivity contribution in [1.29, 1.82) is 0 Å². The van der Waals surface area contributed by atoms with Crippen LogP contribution in [-0.2, 0) is 0 Å². The van der Waals surface area contributed by atoms with Gasteiger partial charge in [-0.3, -0.25) is 0 Å². The van der Waals surface area contributed by atoms with E-state index in [4.69, 9.17) is 9.84 Å². The monoisotopic (exact) mass is 360 g/mol. The van der Waals surface area contributed by atoms with E-state index in [1.54, 1.807) is 0 Å². The lowest BCUT2D eigenvalue weighted by Crippen LogP contribution is -2.02. The Labute approximate surface area is 160 Å². The highest BCUT2D eigenvalue weighted by Crippen LogP contribution is 2.34. The summed E-state index contributed by atoms with van der Waals surface area (Å²) in [4.78, 5) is 0. The fourth-order valence-electron chi connectivity index (χ4n) is 3.17. The molecule has 3 rings (SSSR count). The summed E-state index contributed by atoms with van der Waals surface area (Å²) in [6, 6.07) is 28.3. The molecule has 0 aliphatic carbocycles. The highest BCUT2D eigenvalue weighted by molar-refractivity contribution is 5.98. The molecule has 0 amide bonds. The molecule has 138 valence electrons. The molecular formula is C24H24O3. The summed E-state index contributed by atoms with van der Waals surface area (Å²) < 4.78 is 5.48. The smallest absolute Gasteiger partial charge is 0.119 e. The Hall–Kier alpha value is -2.88. The Morgan fingerprint density at radius 2 is 1.19 bits per heavy atom. The van der Waals surface area contributed by atoms with E-state index in [2.05, 4.69) is 24.3 Å². The minimum Gasteiger partial charge on any atom is -0.491 e. The Morgan fingerprint density at radius 3 is 1.74 bits per heavy atom. The zero-order chi connectivity index (χ0) is 18.9. The normalized spacial score (nSPS) is 11.8. The van der Waals surface area contributed by atoms with Crippen molar-refractivity contribution >= 4 is 11.1 Å². The van der Waals surface area contributed by atoms with E-state index in [9.17, 15) is 5.11 Å². The predicted octanol–water partition coefficient (Wildman–Crippen LogP) is 4.40. The summed E-state index contributed by atoms with van der Waals surface area (Å²) >= 11 is 0. The second-order valence-corrected chi connectivity index (χ2v) is 6.16. The van der Waals surface area contributed by atoms with Crippen molar-refractivity contribution in [3.63, 3.8) is 0 Å². The van der Waals surface area contributed by atoms with Crippen LogP contribution in [-0.4, -0.2) is 30.0 Å². The molecule has 3 nitrogen and oxygen atoms in total. The number of aliphatic hydroxyl groups excluding tert-OH is 2. The van der Waals surface area contributed by atoms with Crippen LogP contribution in [0.3, 0.4) is 0 Å². The van der Waals surface area contributed by atoms with Crippen molar-refractivity contribution in [2.75, 3.05) is 19.8 Å². The second kappa shape index (κ2) is 9.72. The maximum atomic E-state index is 9.70. The van der Waals surface area contributed by atoms with Crippen molar-refractivity contribution in [1.82, 2.24) is 0 Å². The van der Waals surface area contributed by atoms with Gasteiger partial charge in [-0.25, -0.2) is 0 Å². The van der Waals surface area contributed by atoms with Crippen LogP contribution in [0.25, 0.3) is 11.1 Å². The molecule has 0 saturated carbocycles. The topological polar surface area (TPSA) is 49.7 Å². The Morgan fingerprint density at radius 1 is 0.630 bits per heavy atom. The lowest BCUT2D eigenvalue weighted by molar-refractivity contribution is 0.201. The average Bonchev–Trinajstić information content (AvgIpc) is 2.74. The Kier molecular flexibility index (Phi) is 6.80. The summed E-state index contributed by atoms with van der Waals surface area (Å²) in [6.45, 7) is 0.352. The molecule has 3 aromatic carbocycles. The largest absolute Gasteiger partial charge is 0.491 e. The van der Waals surface area contributed by atoms with Crippen molar-refractivity contribution in [3.8, 4) is 5.75 Å². The Balaban J connectivity index is 2.13. The van der Waals surface area contributed by atoms with Crippen LogP contribution in [0.5, 0.6) is 5.75 Å². The van der Waals surface area contributed by atoms with Gasteiger partial charge in [0, 0.05) is 6.61 Å². The molecule has 0 unspecified atom stereocenters. The van der Waals surface area contributed by atoms with Crippen molar-refractivity contribution in [3.05, 3.63) is 102 Å². The van der Waals surface area contributed by atoms with Crippen LogP contribution in [0.2, 0.25) is 0 Å². The maximum Gasteiger partial charge on any atom is 0.119 e. The molecule has 0 radical (unpaired) electrons. The molecule has 0 bridgehead atoms. The van der Waals surface area contributed by atoms with E-state index in [1.807, 2.05) is 60.7 Å². The van der Waals surface area contributed by atoms with E-state index >= 15 is 0 Å². The van der Waals surface area contributed by atoms with Crippen LogP contribution in [0.15, 0.2) is 84.9 Å². The summed E-state index contributed by atoms with van der Waals surface area (Å²) in [6.07, 6.45) is 0.566. The molecule has 2 N–H and O–H groups in total. The van der Waals surface area contributed by atoms with Crippen molar-refractivity contribution in [2.45, 2.75) is 6.42 Å². The lowest BCUT2D eigenvalue weighted by atomic mass is 9.88. The van der Waals surface area contributed by atoms with Crippen LogP contribution in [0.4, 0.5) is 0 Å². The third-order valence-electron chi connectivity index (χ3n) is 4.35. The van der Waals surface area contributed by atoms with Gasteiger partial charge in [0.15, 0.2) is 0 Å². The number of hydrogen-bond acceptors (Lipinski definition) is 3. The van der Waals surface area contributed by atoms with Crippen LogP contribution < -0.4 is 4.74 Å². The first-order valence-electron chi connectivity index (χ1n) is 9.12. The van der Waals surface area contributed by atoms with Gasteiger partial charge in [0.1, 0.15) is 12.4 Å². The highest BCUT2D eigenvalue weighted by atomic mass is 16.5. The molecule has 0 saturated heterocycles. The molecule has 3 heteroatoms. The quantitative estimate of drug-likeness (QED) is 0.586. The minimum absolute atomic E-state index is 0.00836. The Bertz CT molecular complexity index is 853. The number of ether oxygens (including phenoxy) is 1. The molecule has 3 aromatic rings. The van der Waals surface area contributed by atoms with Gasteiger partial charge >= 0.3 is 0 Å². The fraction of sp³-hybridized carbons (Fsp3) is 0.167. The predicted molar refractivity (Wildman–Crippen MR) is 110 cm³/mol. The van der Waals surface area contributed by atoms with E-state index in [-0.39, 0.29) is 19.8 Å². The number of benzene rings is 3. The van der Waals surface area contributed by atoms with E-state index in [1.165, 1.54) is 0 Å². The van der Waals surface area contributed by atoms with Crippen molar-refractivity contribution in [2.24, 2.45) is 0 Å². The van der Waals surface area contributed by atoms with Gasteiger partial charge in [0.2, 0.25) is 0 Å². The molecule has 0 aliphatic rings. The van der Waals surface area contributed by atoms with Gasteiger partial charge in [-0.1, -0.05) is 72.8 Å². The number of rotatable bonds is 8. The third-order valence-corrected chi connectivity index (χ3v) is 4.35. The van der Waals surface area contributed by atoms with Crippen LogP contribution in [0.1, 0.15) is 23.1 Å². The molecule has 0 aromatic heterocycles.